The zero-order chi connectivity index (χ0) is 15.1. The van der Waals surface area contributed by atoms with Crippen LogP contribution < -0.4 is 10.1 Å². The molecule has 1 aromatic heterocycles. The van der Waals surface area contributed by atoms with Gasteiger partial charge in [-0.2, -0.15) is 5.10 Å². The zero-order valence-corrected chi connectivity index (χ0v) is 13.2. The Morgan fingerprint density at radius 3 is 2.76 bits per heavy atom. The highest BCUT2D eigenvalue weighted by Gasteiger charge is 2.18. The molecule has 1 heterocycles. The smallest absolute Gasteiger partial charge is 0.123 e. The molecule has 0 radical (unpaired) electrons. The van der Waals surface area contributed by atoms with E-state index >= 15 is 0 Å². The molecule has 4 heteroatoms. The van der Waals surface area contributed by atoms with Crippen LogP contribution in [0.25, 0.3) is 0 Å². The van der Waals surface area contributed by atoms with Gasteiger partial charge in [-0.3, -0.25) is 4.68 Å². The van der Waals surface area contributed by atoms with Crippen LogP contribution >= 0.6 is 0 Å². The first kappa shape index (κ1) is 15.6. The Morgan fingerprint density at radius 2 is 2.05 bits per heavy atom. The van der Waals surface area contributed by atoms with E-state index in [1.54, 1.807) is 7.11 Å². The lowest BCUT2D eigenvalue weighted by Crippen LogP contribution is -2.23. The van der Waals surface area contributed by atoms with Crippen molar-refractivity contribution in [3.63, 3.8) is 0 Å². The molecule has 21 heavy (non-hydrogen) atoms. The van der Waals surface area contributed by atoms with Crippen molar-refractivity contribution in [1.82, 2.24) is 15.1 Å². The quantitative estimate of drug-likeness (QED) is 0.809. The van der Waals surface area contributed by atoms with Crippen molar-refractivity contribution in [3.05, 3.63) is 47.8 Å². The van der Waals surface area contributed by atoms with Crippen molar-refractivity contribution in [2.24, 2.45) is 0 Å². The van der Waals surface area contributed by atoms with Gasteiger partial charge in [-0.15, -0.1) is 0 Å². The van der Waals surface area contributed by atoms with E-state index in [0.29, 0.717) is 0 Å². The monoisotopic (exact) mass is 287 g/mol. The van der Waals surface area contributed by atoms with Gasteiger partial charge in [0.25, 0.3) is 0 Å². The van der Waals surface area contributed by atoms with Crippen LogP contribution in [0.4, 0.5) is 0 Å². The van der Waals surface area contributed by atoms with E-state index in [1.165, 1.54) is 5.56 Å². The molecular formula is C17H25N3O. The predicted molar refractivity (Wildman–Crippen MR) is 85.6 cm³/mol. The second-order valence-electron chi connectivity index (χ2n) is 5.17. The molecule has 0 saturated heterocycles. The summed E-state index contributed by atoms with van der Waals surface area (Å²) in [6, 6.07) is 8.29. The van der Waals surface area contributed by atoms with Crippen LogP contribution in [0, 0.1) is 0 Å². The summed E-state index contributed by atoms with van der Waals surface area (Å²) in [7, 11) is 1.72. The number of nitrogens with zero attached hydrogens (tertiary/aromatic N) is 2. The van der Waals surface area contributed by atoms with Crippen molar-refractivity contribution < 1.29 is 4.74 Å². The van der Waals surface area contributed by atoms with E-state index in [4.69, 9.17) is 4.74 Å². The zero-order valence-electron chi connectivity index (χ0n) is 13.2. The first-order valence-electron chi connectivity index (χ1n) is 7.68. The van der Waals surface area contributed by atoms with Gasteiger partial charge in [0.1, 0.15) is 5.75 Å². The third-order valence-electron chi connectivity index (χ3n) is 3.49. The second-order valence-corrected chi connectivity index (χ2v) is 5.17. The Balaban J connectivity index is 2.32. The number of hydrogen-bond donors (Lipinski definition) is 1. The minimum absolute atomic E-state index is 0.117. The third kappa shape index (κ3) is 3.85. The molecule has 4 nitrogen and oxygen atoms in total. The lowest BCUT2D eigenvalue weighted by molar-refractivity contribution is 0.404. The molecule has 1 N–H and O–H groups in total. The van der Waals surface area contributed by atoms with Crippen LogP contribution in [0.2, 0.25) is 0 Å². The van der Waals surface area contributed by atoms with Gasteiger partial charge < -0.3 is 10.1 Å². The van der Waals surface area contributed by atoms with Crippen molar-refractivity contribution in [3.8, 4) is 5.75 Å². The maximum Gasteiger partial charge on any atom is 0.123 e. The highest BCUT2D eigenvalue weighted by atomic mass is 16.5. The molecule has 0 aliphatic rings. The molecule has 0 fully saturated rings. The first-order valence-corrected chi connectivity index (χ1v) is 7.68. The van der Waals surface area contributed by atoms with Gasteiger partial charge in [-0.05, 0) is 25.5 Å². The van der Waals surface area contributed by atoms with Crippen LogP contribution in [0.1, 0.15) is 43.9 Å². The summed E-state index contributed by atoms with van der Waals surface area (Å²) in [6.45, 7) is 6.25. The molecule has 2 aromatic rings. The molecule has 114 valence electrons. The van der Waals surface area contributed by atoms with Gasteiger partial charge in [0.15, 0.2) is 0 Å². The summed E-state index contributed by atoms with van der Waals surface area (Å²) in [5.41, 5.74) is 2.34. The van der Waals surface area contributed by atoms with Gasteiger partial charge >= 0.3 is 0 Å². The first-order chi connectivity index (χ1) is 10.3. The number of aromatic nitrogens is 2. The number of aryl methyl sites for hydroxylation is 1. The topological polar surface area (TPSA) is 39.1 Å². The molecule has 1 unspecified atom stereocenters. The van der Waals surface area contributed by atoms with Gasteiger partial charge in [-0.25, -0.2) is 0 Å². The van der Waals surface area contributed by atoms with Crippen LogP contribution in [0.15, 0.2) is 36.7 Å². The van der Waals surface area contributed by atoms with Gasteiger partial charge in [0.2, 0.25) is 0 Å². The predicted octanol–water partition coefficient (Wildman–Crippen LogP) is 3.39. The van der Waals surface area contributed by atoms with E-state index in [0.717, 1.165) is 37.2 Å². The second kappa shape index (κ2) is 7.84. The summed E-state index contributed by atoms with van der Waals surface area (Å²) in [5.74, 6) is 0.911. The van der Waals surface area contributed by atoms with E-state index in [-0.39, 0.29) is 6.04 Å². The molecular weight excluding hydrogens is 262 g/mol. The Kier molecular flexibility index (Phi) is 5.81. The fourth-order valence-corrected chi connectivity index (χ4v) is 2.48. The molecule has 0 aliphatic carbocycles. The molecule has 0 aliphatic heterocycles. The Labute approximate surface area is 127 Å². The normalized spacial score (nSPS) is 12.3. The number of rotatable bonds is 8. The molecule has 1 atom stereocenters. The maximum absolute atomic E-state index is 5.51. The molecule has 0 saturated carbocycles. The SMILES string of the molecule is CCCNC(c1cnn(CCC)c1)c1ccccc1OC. The van der Waals surface area contributed by atoms with Gasteiger partial charge in [0, 0.05) is 23.9 Å². The van der Waals surface area contributed by atoms with E-state index in [1.807, 2.05) is 23.0 Å². The molecule has 0 spiro atoms. The highest BCUT2D eigenvalue weighted by Crippen LogP contribution is 2.29. The van der Waals surface area contributed by atoms with Crippen LogP contribution in [-0.4, -0.2) is 23.4 Å². The Bertz CT molecular complexity index is 550. The Hall–Kier alpha value is -1.81. The van der Waals surface area contributed by atoms with E-state index in [2.05, 4.69) is 42.6 Å². The van der Waals surface area contributed by atoms with Gasteiger partial charge in [0.05, 0.1) is 19.3 Å². The van der Waals surface area contributed by atoms with E-state index < -0.39 is 0 Å². The number of methoxy groups -OCH3 is 1. The van der Waals surface area contributed by atoms with Crippen molar-refractivity contribution in [2.75, 3.05) is 13.7 Å². The summed E-state index contributed by atoms with van der Waals surface area (Å²) in [4.78, 5) is 0. The number of ether oxygens (including phenoxy) is 1. The molecule has 2 rings (SSSR count). The Morgan fingerprint density at radius 1 is 1.24 bits per heavy atom. The largest absolute Gasteiger partial charge is 0.496 e. The number of nitrogens with one attached hydrogen (secondary N) is 1. The maximum atomic E-state index is 5.51. The standard InChI is InChI=1S/C17H25N3O/c1-4-10-18-17(14-12-19-20(13-14)11-5-2)15-8-6-7-9-16(15)21-3/h6-9,12-13,17-18H,4-5,10-11H2,1-3H3. The fourth-order valence-electron chi connectivity index (χ4n) is 2.48. The summed E-state index contributed by atoms with van der Waals surface area (Å²) >= 11 is 0. The van der Waals surface area contributed by atoms with Crippen LogP contribution in [0.3, 0.4) is 0 Å². The van der Waals surface area contributed by atoms with Crippen molar-refractivity contribution >= 4 is 0 Å². The third-order valence-corrected chi connectivity index (χ3v) is 3.49. The molecule has 0 amide bonds. The molecule has 1 aromatic carbocycles. The van der Waals surface area contributed by atoms with Crippen molar-refractivity contribution in [1.29, 1.82) is 0 Å². The lowest BCUT2D eigenvalue weighted by Gasteiger charge is -2.20. The minimum Gasteiger partial charge on any atom is -0.496 e. The molecule has 0 bridgehead atoms. The lowest BCUT2D eigenvalue weighted by atomic mass is 10.0. The average molecular weight is 287 g/mol. The van der Waals surface area contributed by atoms with Gasteiger partial charge in [-0.1, -0.05) is 32.0 Å². The minimum atomic E-state index is 0.117. The van der Waals surface area contributed by atoms with E-state index in [9.17, 15) is 0 Å². The summed E-state index contributed by atoms with van der Waals surface area (Å²) < 4.78 is 7.52. The number of hydrogen-bond acceptors (Lipinski definition) is 3. The van der Waals surface area contributed by atoms with Crippen LogP contribution in [0.5, 0.6) is 5.75 Å². The number of benzene rings is 1. The fraction of sp³-hybridized carbons (Fsp3) is 0.471. The summed E-state index contributed by atoms with van der Waals surface area (Å²) in [6.07, 6.45) is 6.26. The van der Waals surface area contributed by atoms with Crippen molar-refractivity contribution in [2.45, 2.75) is 39.3 Å². The summed E-state index contributed by atoms with van der Waals surface area (Å²) in [5, 5.41) is 8.05. The van der Waals surface area contributed by atoms with Crippen LogP contribution in [-0.2, 0) is 6.54 Å². The highest BCUT2D eigenvalue weighted by molar-refractivity contribution is 5.40. The number of para-hydroxylation sites is 1. The average Bonchev–Trinajstić information content (AvgIpc) is 2.97.